The number of nitrogens with zero attached hydrogens (tertiary/aromatic N) is 2. The Morgan fingerprint density at radius 2 is 2.12 bits per heavy atom. The molecule has 2 fully saturated rings. The van der Waals surface area contributed by atoms with Gasteiger partial charge in [0.1, 0.15) is 0 Å². The molecule has 132 valence electrons. The number of hydrogen-bond acceptors (Lipinski definition) is 3. The molecule has 2 heterocycles. The van der Waals surface area contributed by atoms with E-state index >= 15 is 0 Å². The van der Waals surface area contributed by atoms with Crippen LogP contribution in [0.2, 0.25) is 5.02 Å². The Balaban J connectivity index is 1.57. The van der Waals surface area contributed by atoms with Gasteiger partial charge >= 0.3 is 0 Å². The molecule has 1 amide bonds. The predicted octanol–water partition coefficient (Wildman–Crippen LogP) is 3.22. The maximum atomic E-state index is 12.8. The molecule has 0 saturated carbocycles. The number of benzene rings is 1. The summed E-state index contributed by atoms with van der Waals surface area (Å²) in [6.45, 7) is 8.51. The molecule has 0 radical (unpaired) electrons. The number of carbonyl (C=O) groups is 1. The highest BCUT2D eigenvalue weighted by molar-refractivity contribution is 6.30. The average molecular weight is 351 g/mol. The van der Waals surface area contributed by atoms with Crippen LogP contribution in [0.15, 0.2) is 18.2 Å². The van der Waals surface area contributed by atoms with Crippen molar-refractivity contribution in [1.29, 1.82) is 0 Å². The molecular formula is C19H27ClN2O2. The van der Waals surface area contributed by atoms with Crippen molar-refractivity contribution in [2.24, 2.45) is 5.92 Å². The van der Waals surface area contributed by atoms with Crippen molar-refractivity contribution in [3.8, 4) is 0 Å². The summed E-state index contributed by atoms with van der Waals surface area (Å²) in [4.78, 5) is 17.3. The maximum Gasteiger partial charge on any atom is 0.254 e. The molecule has 0 aromatic heterocycles. The standard InChI is InChI=1S/C19H27ClN2O2/c1-15-12-17(20)5-6-18(15)19(23)22-8-3-7-21(9-10-22)13-16-4-2-11-24-14-16/h5-6,12,16H,2-4,7-11,13-14H2,1H3. The third-order valence-corrected chi connectivity index (χ3v) is 5.30. The molecule has 1 aromatic rings. The normalized spacial score (nSPS) is 23.1. The van der Waals surface area contributed by atoms with Gasteiger partial charge in [0.2, 0.25) is 0 Å². The fourth-order valence-electron chi connectivity index (χ4n) is 3.71. The van der Waals surface area contributed by atoms with Crippen molar-refractivity contribution in [2.75, 3.05) is 45.9 Å². The Kier molecular flexibility index (Phi) is 6.14. The number of ether oxygens (including phenoxy) is 1. The van der Waals surface area contributed by atoms with Crippen molar-refractivity contribution < 1.29 is 9.53 Å². The lowest BCUT2D eigenvalue weighted by Gasteiger charge is -2.29. The van der Waals surface area contributed by atoms with Gasteiger partial charge in [-0.1, -0.05) is 11.6 Å². The zero-order valence-corrected chi connectivity index (χ0v) is 15.2. The first-order valence-electron chi connectivity index (χ1n) is 8.99. The summed E-state index contributed by atoms with van der Waals surface area (Å²) in [6.07, 6.45) is 3.48. The van der Waals surface area contributed by atoms with E-state index in [2.05, 4.69) is 4.90 Å². The van der Waals surface area contributed by atoms with E-state index in [0.29, 0.717) is 10.9 Å². The zero-order chi connectivity index (χ0) is 16.9. The molecule has 1 unspecified atom stereocenters. The maximum absolute atomic E-state index is 12.8. The fraction of sp³-hybridized carbons (Fsp3) is 0.632. The van der Waals surface area contributed by atoms with Gasteiger partial charge in [-0.05, 0) is 62.4 Å². The minimum Gasteiger partial charge on any atom is -0.381 e. The van der Waals surface area contributed by atoms with E-state index in [9.17, 15) is 4.79 Å². The van der Waals surface area contributed by atoms with E-state index in [4.69, 9.17) is 16.3 Å². The summed E-state index contributed by atoms with van der Waals surface area (Å²) in [5.74, 6) is 0.784. The van der Waals surface area contributed by atoms with Gasteiger partial charge in [0.15, 0.2) is 0 Å². The van der Waals surface area contributed by atoms with Crippen LogP contribution in [0.25, 0.3) is 0 Å². The molecule has 2 saturated heterocycles. The van der Waals surface area contributed by atoms with Crippen molar-refractivity contribution in [2.45, 2.75) is 26.2 Å². The summed E-state index contributed by atoms with van der Waals surface area (Å²) in [5.41, 5.74) is 1.72. The molecule has 0 N–H and O–H groups in total. The lowest BCUT2D eigenvalue weighted by atomic mass is 10.0. The number of rotatable bonds is 3. The molecule has 3 rings (SSSR count). The molecule has 5 heteroatoms. The van der Waals surface area contributed by atoms with Gasteiger partial charge < -0.3 is 14.5 Å². The van der Waals surface area contributed by atoms with Gasteiger partial charge in [-0.25, -0.2) is 0 Å². The van der Waals surface area contributed by atoms with Gasteiger partial charge in [0.05, 0.1) is 6.61 Å². The Bertz CT molecular complexity index is 572. The zero-order valence-electron chi connectivity index (χ0n) is 14.5. The first-order chi connectivity index (χ1) is 11.6. The highest BCUT2D eigenvalue weighted by atomic mass is 35.5. The second kappa shape index (κ2) is 8.32. The van der Waals surface area contributed by atoms with Crippen LogP contribution < -0.4 is 0 Å². The summed E-state index contributed by atoms with van der Waals surface area (Å²) >= 11 is 6.00. The Hall–Kier alpha value is -1.10. The van der Waals surface area contributed by atoms with E-state index in [-0.39, 0.29) is 5.91 Å². The number of aryl methyl sites for hydroxylation is 1. The Morgan fingerprint density at radius 1 is 1.25 bits per heavy atom. The lowest BCUT2D eigenvalue weighted by Crippen LogP contribution is -2.38. The van der Waals surface area contributed by atoms with Crippen molar-refractivity contribution in [3.05, 3.63) is 34.3 Å². The summed E-state index contributed by atoms with van der Waals surface area (Å²) in [5, 5.41) is 0.681. The van der Waals surface area contributed by atoms with E-state index < -0.39 is 0 Å². The smallest absolute Gasteiger partial charge is 0.254 e. The molecule has 2 aliphatic heterocycles. The van der Waals surface area contributed by atoms with Crippen LogP contribution in [0.3, 0.4) is 0 Å². The molecule has 4 nitrogen and oxygen atoms in total. The number of hydrogen-bond donors (Lipinski definition) is 0. The largest absolute Gasteiger partial charge is 0.381 e. The third kappa shape index (κ3) is 4.50. The van der Waals surface area contributed by atoms with Crippen LogP contribution in [-0.4, -0.2) is 61.6 Å². The van der Waals surface area contributed by atoms with Gasteiger partial charge in [-0.2, -0.15) is 0 Å². The van der Waals surface area contributed by atoms with E-state index in [1.54, 1.807) is 6.07 Å². The minimum absolute atomic E-state index is 0.131. The van der Waals surface area contributed by atoms with E-state index in [0.717, 1.165) is 63.5 Å². The van der Waals surface area contributed by atoms with Gasteiger partial charge in [-0.3, -0.25) is 4.79 Å². The highest BCUT2D eigenvalue weighted by Crippen LogP contribution is 2.19. The van der Waals surface area contributed by atoms with E-state index in [1.165, 1.54) is 12.8 Å². The van der Waals surface area contributed by atoms with Crippen molar-refractivity contribution in [3.63, 3.8) is 0 Å². The lowest BCUT2D eigenvalue weighted by molar-refractivity contribution is 0.0389. The van der Waals surface area contributed by atoms with Crippen LogP contribution in [0.5, 0.6) is 0 Å². The molecule has 0 bridgehead atoms. The fourth-order valence-corrected chi connectivity index (χ4v) is 3.94. The summed E-state index contributed by atoms with van der Waals surface area (Å²) in [6, 6.07) is 5.51. The topological polar surface area (TPSA) is 32.8 Å². The molecule has 1 aromatic carbocycles. The first-order valence-corrected chi connectivity index (χ1v) is 9.37. The molecular weight excluding hydrogens is 324 g/mol. The Morgan fingerprint density at radius 3 is 2.88 bits per heavy atom. The Labute approximate surface area is 149 Å². The molecule has 1 atom stereocenters. The third-order valence-electron chi connectivity index (χ3n) is 5.07. The summed E-state index contributed by atoms with van der Waals surface area (Å²) < 4.78 is 5.59. The van der Waals surface area contributed by atoms with Crippen LogP contribution in [0.1, 0.15) is 35.2 Å². The van der Waals surface area contributed by atoms with Crippen LogP contribution in [0, 0.1) is 12.8 Å². The number of carbonyl (C=O) groups excluding carboxylic acids is 1. The highest BCUT2D eigenvalue weighted by Gasteiger charge is 2.23. The predicted molar refractivity (Wildman–Crippen MR) is 96.7 cm³/mol. The van der Waals surface area contributed by atoms with Gasteiger partial charge in [-0.15, -0.1) is 0 Å². The molecule has 24 heavy (non-hydrogen) atoms. The van der Waals surface area contributed by atoms with Gasteiger partial charge in [0.25, 0.3) is 5.91 Å². The first kappa shape index (κ1) is 17.7. The van der Waals surface area contributed by atoms with Crippen molar-refractivity contribution in [1.82, 2.24) is 9.80 Å². The molecule has 0 spiro atoms. The second-order valence-electron chi connectivity index (χ2n) is 6.99. The minimum atomic E-state index is 0.131. The molecule has 2 aliphatic rings. The number of halogens is 1. The van der Waals surface area contributed by atoms with Crippen LogP contribution in [0.4, 0.5) is 0 Å². The number of amides is 1. The molecule has 0 aliphatic carbocycles. The SMILES string of the molecule is Cc1cc(Cl)ccc1C(=O)N1CCCN(CC2CCCOC2)CC1. The van der Waals surface area contributed by atoms with Crippen LogP contribution >= 0.6 is 11.6 Å². The second-order valence-corrected chi connectivity index (χ2v) is 7.43. The van der Waals surface area contributed by atoms with E-state index in [1.807, 2.05) is 24.0 Å². The van der Waals surface area contributed by atoms with Gasteiger partial charge in [0, 0.05) is 43.4 Å². The average Bonchev–Trinajstić information content (AvgIpc) is 2.81. The monoisotopic (exact) mass is 350 g/mol. The quantitative estimate of drug-likeness (QED) is 0.839. The summed E-state index contributed by atoms with van der Waals surface area (Å²) in [7, 11) is 0. The van der Waals surface area contributed by atoms with Crippen LogP contribution in [-0.2, 0) is 4.74 Å². The van der Waals surface area contributed by atoms with Crippen molar-refractivity contribution >= 4 is 17.5 Å².